The van der Waals surface area contributed by atoms with E-state index in [-0.39, 0.29) is 30.0 Å². The maximum absolute atomic E-state index is 12.4. The number of hydrogen-bond acceptors (Lipinski definition) is 8. The number of fused-ring (bicyclic) bond motifs is 4. The van der Waals surface area contributed by atoms with Gasteiger partial charge in [0.05, 0.1) is 22.5 Å². The van der Waals surface area contributed by atoms with Gasteiger partial charge in [0.1, 0.15) is 11.4 Å². The Kier molecular flexibility index (Phi) is 8.27. The van der Waals surface area contributed by atoms with Gasteiger partial charge < -0.3 is 30.4 Å². The number of aromatic hydroxyl groups is 2. The van der Waals surface area contributed by atoms with Crippen LogP contribution in [0.5, 0.6) is 11.8 Å². The number of carbonyl (C=O) groups excluding carboxylic acids is 1. The van der Waals surface area contributed by atoms with Crippen LogP contribution in [-0.2, 0) is 0 Å². The molecule has 0 bridgehead atoms. The molecule has 7 aromatic rings. The lowest BCUT2D eigenvalue weighted by Crippen LogP contribution is -2.10. The van der Waals surface area contributed by atoms with Crippen LogP contribution < -0.4 is 5.90 Å². The minimum atomic E-state index is -0.152. The van der Waals surface area contributed by atoms with E-state index in [2.05, 4.69) is 31.0 Å². The van der Waals surface area contributed by atoms with Crippen molar-refractivity contribution < 1.29 is 20.2 Å². The van der Waals surface area contributed by atoms with Gasteiger partial charge >= 0.3 is 0 Å². The monoisotopic (exact) mass is 608 g/mol. The molecule has 4 aromatic carbocycles. The molecule has 0 saturated carbocycles. The van der Waals surface area contributed by atoms with E-state index in [1.807, 2.05) is 84.9 Å². The van der Waals surface area contributed by atoms with Crippen LogP contribution in [0.4, 0.5) is 11.4 Å². The summed E-state index contributed by atoms with van der Waals surface area (Å²) in [6.07, 6.45) is 0. The molecule has 1 aliphatic heterocycles. The fraction of sp³-hybridized carbons (Fsp3) is 0. The highest BCUT2D eigenvalue weighted by Gasteiger charge is 2.29. The minimum Gasteiger partial charge on any atom is -0.494 e. The van der Waals surface area contributed by atoms with Crippen molar-refractivity contribution in [1.29, 1.82) is 0 Å². The Labute approximate surface area is 255 Å². The van der Waals surface area contributed by atoms with Crippen molar-refractivity contribution in [2.45, 2.75) is 0 Å². The second-order valence-corrected chi connectivity index (χ2v) is 9.58. The highest BCUT2D eigenvalue weighted by Crippen LogP contribution is 2.44. The Morgan fingerprint density at radius 3 is 1.70 bits per heavy atom. The number of halogens is 1. The first kappa shape index (κ1) is 29.7. The van der Waals surface area contributed by atoms with Gasteiger partial charge in [0.15, 0.2) is 11.8 Å². The molecule has 220 valence electrons. The molecule has 0 aliphatic carbocycles. The molecule has 8 rings (SSSR count). The molecule has 1 aliphatic rings. The summed E-state index contributed by atoms with van der Waals surface area (Å²) in [5, 5.41) is 32.4. The Bertz CT molecular complexity index is 2200. The molecule has 4 heterocycles. The van der Waals surface area contributed by atoms with Gasteiger partial charge in [-0.25, -0.2) is 10.9 Å². The first-order valence-corrected chi connectivity index (χ1v) is 13.1. The number of benzene rings is 4. The molecule has 0 saturated heterocycles. The van der Waals surface area contributed by atoms with Crippen LogP contribution in [0.25, 0.3) is 44.0 Å². The molecule has 3 aromatic heterocycles. The number of H-pyrrole nitrogens is 3. The minimum absolute atomic E-state index is 0. The van der Waals surface area contributed by atoms with Crippen LogP contribution in [0.1, 0.15) is 15.9 Å². The van der Waals surface area contributed by atoms with E-state index in [0.29, 0.717) is 39.5 Å². The molecule has 0 unspecified atom stereocenters. The molecule has 0 spiro atoms. The van der Waals surface area contributed by atoms with Gasteiger partial charge in [-0.1, -0.05) is 66.7 Å². The summed E-state index contributed by atoms with van der Waals surface area (Å²) < 4.78 is 0. The standard InChI is InChI=1S/C16H11N3O2.C16H10N2O2.ClH.H3NO/c20-16-13(9-5-1-3-7-11(9)18-16)15-14(19-21)10-6-2-4-8-12(10)17-15;19-15-10-6-2-4-8-12(10)17-14(15)13-9-5-1-3-7-11(9)18-16(13)20;;1-2/h1-8,17-18,20H;1-8,18,20H;1H;2H,1H2. The number of nitroso groups, excluding NO2 is 1. The zero-order chi connectivity index (χ0) is 30.1. The third-order valence-electron chi connectivity index (χ3n) is 7.23. The van der Waals surface area contributed by atoms with E-state index in [9.17, 15) is 19.9 Å². The number of aromatic nitrogens is 3. The molecule has 12 heteroatoms. The van der Waals surface area contributed by atoms with Crippen molar-refractivity contribution >= 4 is 68.0 Å². The Morgan fingerprint density at radius 1 is 0.636 bits per heavy atom. The lowest BCUT2D eigenvalue weighted by molar-refractivity contribution is 0.107. The second kappa shape index (κ2) is 12.2. The average Bonchev–Trinajstić information content (AvgIpc) is 3.77. The van der Waals surface area contributed by atoms with Gasteiger partial charge in [0.25, 0.3) is 0 Å². The van der Waals surface area contributed by atoms with Crippen LogP contribution in [0, 0.1) is 4.91 Å². The van der Waals surface area contributed by atoms with E-state index < -0.39 is 0 Å². The molecule has 0 fully saturated rings. The largest absolute Gasteiger partial charge is 0.494 e. The van der Waals surface area contributed by atoms with Crippen LogP contribution in [0.2, 0.25) is 0 Å². The molecule has 8 N–H and O–H groups in total. The number of aliphatic imine (C=N–C) groups is 1. The highest BCUT2D eigenvalue weighted by molar-refractivity contribution is 6.56. The Balaban J connectivity index is 0.000000162. The fourth-order valence-electron chi connectivity index (χ4n) is 5.38. The number of rotatable bonds is 3. The molecule has 0 amide bonds. The molecule has 0 radical (unpaired) electrons. The summed E-state index contributed by atoms with van der Waals surface area (Å²) in [4.78, 5) is 37.1. The van der Waals surface area contributed by atoms with Crippen molar-refractivity contribution in [2.75, 3.05) is 0 Å². The smallest absolute Gasteiger partial charge is 0.214 e. The normalized spacial score (nSPS) is 11.7. The number of nitrogens with zero attached hydrogens (tertiary/aromatic N) is 2. The summed E-state index contributed by atoms with van der Waals surface area (Å²) in [5.74, 6) is 3.35. The van der Waals surface area contributed by atoms with Gasteiger partial charge in [0, 0.05) is 38.3 Å². The summed E-state index contributed by atoms with van der Waals surface area (Å²) in [6, 6.07) is 29.6. The quantitative estimate of drug-likeness (QED) is 0.0808. The van der Waals surface area contributed by atoms with Gasteiger partial charge in [-0.15, -0.1) is 17.3 Å². The van der Waals surface area contributed by atoms with Gasteiger partial charge in [-0.3, -0.25) is 4.79 Å². The van der Waals surface area contributed by atoms with E-state index in [4.69, 9.17) is 5.21 Å². The van der Waals surface area contributed by atoms with Crippen molar-refractivity contribution in [3.8, 4) is 23.0 Å². The third kappa shape index (κ3) is 4.86. The van der Waals surface area contributed by atoms with E-state index in [0.717, 1.165) is 32.7 Å². The molecule has 44 heavy (non-hydrogen) atoms. The van der Waals surface area contributed by atoms with Crippen molar-refractivity contribution in [2.24, 2.45) is 16.1 Å². The van der Waals surface area contributed by atoms with E-state index >= 15 is 0 Å². The van der Waals surface area contributed by atoms with Crippen LogP contribution in [0.3, 0.4) is 0 Å². The fourth-order valence-corrected chi connectivity index (χ4v) is 5.38. The Hall–Kier alpha value is -5.75. The number of nitrogens with two attached hydrogens (primary N) is 1. The lowest BCUT2D eigenvalue weighted by atomic mass is 10.0. The first-order valence-electron chi connectivity index (χ1n) is 13.1. The summed E-state index contributed by atoms with van der Waals surface area (Å²) in [5.41, 5.74) is 5.80. The number of Topliss-reactive ketones (excluding diaryl/α,β-unsaturated/α-hetero) is 1. The number of ketones is 1. The average molecular weight is 609 g/mol. The van der Waals surface area contributed by atoms with Gasteiger partial charge in [-0.05, 0) is 35.5 Å². The summed E-state index contributed by atoms with van der Waals surface area (Å²) >= 11 is 0. The number of nitrogens with one attached hydrogen (secondary N) is 3. The van der Waals surface area contributed by atoms with E-state index in [1.54, 1.807) is 12.1 Å². The van der Waals surface area contributed by atoms with E-state index in [1.165, 1.54) is 0 Å². The molecular formula is C32H25ClN6O5. The van der Waals surface area contributed by atoms with Crippen molar-refractivity contribution in [3.05, 3.63) is 113 Å². The zero-order valence-electron chi connectivity index (χ0n) is 22.8. The number of carbonyl (C=O) groups is 1. The second-order valence-electron chi connectivity index (χ2n) is 9.58. The van der Waals surface area contributed by atoms with Crippen LogP contribution in [0.15, 0.2) is 107 Å². The number of aromatic amines is 3. The van der Waals surface area contributed by atoms with Gasteiger partial charge in [-0.2, -0.15) is 0 Å². The molecule has 0 atom stereocenters. The first-order chi connectivity index (χ1) is 21.0. The van der Waals surface area contributed by atoms with Crippen LogP contribution >= 0.6 is 12.4 Å². The topological polar surface area (TPSA) is 193 Å². The van der Waals surface area contributed by atoms with Gasteiger partial charge in [0.2, 0.25) is 5.78 Å². The van der Waals surface area contributed by atoms with Crippen molar-refractivity contribution in [3.63, 3.8) is 0 Å². The predicted molar refractivity (Wildman–Crippen MR) is 173 cm³/mol. The number of para-hydroxylation sites is 4. The van der Waals surface area contributed by atoms with Crippen LogP contribution in [-0.4, -0.2) is 41.9 Å². The SMILES string of the molecule is Cl.NO.O=C1C(c2c(O)[nH]c3ccccc23)=Nc2ccccc21.O=Nc1c(-c2c(O)[nH]c3ccccc23)[nH]c2ccccc12. The molecular weight excluding hydrogens is 584 g/mol. The maximum atomic E-state index is 12.4. The number of hydrogen-bond donors (Lipinski definition) is 7. The summed E-state index contributed by atoms with van der Waals surface area (Å²) in [6.45, 7) is 0. The highest BCUT2D eigenvalue weighted by atomic mass is 35.5. The Morgan fingerprint density at radius 2 is 1.11 bits per heavy atom. The lowest BCUT2D eigenvalue weighted by Gasteiger charge is -1.98. The zero-order valence-corrected chi connectivity index (χ0v) is 23.6. The predicted octanol–water partition coefficient (Wildman–Crippen LogP) is 7.37. The third-order valence-corrected chi connectivity index (χ3v) is 7.23. The molecule has 11 nitrogen and oxygen atoms in total. The van der Waals surface area contributed by atoms with Crippen molar-refractivity contribution in [1.82, 2.24) is 15.0 Å². The summed E-state index contributed by atoms with van der Waals surface area (Å²) in [7, 11) is 0. The maximum Gasteiger partial charge on any atom is 0.214 e.